The molecule has 1 amide bonds. The zero-order valence-corrected chi connectivity index (χ0v) is 20.1. The van der Waals surface area contributed by atoms with E-state index in [-0.39, 0.29) is 28.2 Å². The number of hydrogen-bond acceptors (Lipinski definition) is 7. The lowest BCUT2D eigenvalue weighted by Gasteiger charge is -2.37. The second kappa shape index (κ2) is 10.1. The first-order valence-electron chi connectivity index (χ1n) is 11.2. The van der Waals surface area contributed by atoms with E-state index in [2.05, 4.69) is 10.4 Å². The van der Waals surface area contributed by atoms with Crippen molar-refractivity contribution in [2.75, 3.05) is 36.0 Å². The quantitative estimate of drug-likeness (QED) is 0.411. The van der Waals surface area contributed by atoms with E-state index in [0.29, 0.717) is 43.2 Å². The zero-order chi connectivity index (χ0) is 25.1. The summed E-state index contributed by atoms with van der Waals surface area (Å²) in [7, 11) is 0. The molecule has 0 bridgehead atoms. The van der Waals surface area contributed by atoms with Crippen molar-refractivity contribution in [3.05, 3.63) is 85.8 Å². The van der Waals surface area contributed by atoms with Crippen LogP contribution in [0.25, 0.3) is 5.69 Å². The molecule has 0 radical (unpaired) electrons. The van der Waals surface area contributed by atoms with Crippen molar-refractivity contribution in [1.82, 2.24) is 15.1 Å². The van der Waals surface area contributed by atoms with Crippen molar-refractivity contribution in [2.45, 2.75) is 19.9 Å². The van der Waals surface area contributed by atoms with Crippen molar-refractivity contribution in [3.63, 3.8) is 0 Å². The fraction of sp³-hybridized carbons (Fsp3) is 0.292. The molecule has 11 heteroatoms. The molecular formula is C24H25ClN6O4. The number of piperazine rings is 1. The summed E-state index contributed by atoms with van der Waals surface area (Å²) in [5.41, 5.74) is 1.29. The van der Waals surface area contributed by atoms with Gasteiger partial charge in [-0.15, -0.1) is 0 Å². The van der Waals surface area contributed by atoms with Crippen molar-refractivity contribution in [1.29, 1.82) is 0 Å². The highest BCUT2D eigenvalue weighted by molar-refractivity contribution is 6.33. The van der Waals surface area contributed by atoms with Crippen LogP contribution in [0.15, 0.2) is 59.5 Å². The Labute approximate surface area is 206 Å². The number of anilines is 2. The van der Waals surface area contributed by atoms with Crippen LogP contribution in [0, 0.1) is 10.1 Å². The zero-order valence-electron chi connectivity index (χ0n) is 19.3. The van der Waals surface area contributed by atoms with Gasteiger partial charge in [0, 0.05) is 43.9 Å². The number of nitro groups is 1. The first-order valence-corrected chi connectivity index (χ1v) is 11.6. The lowest BCUT2D eigenvalue weighted by Crippen LogP contribution is -2.47. The van der Waals surface area contributed by atoms with E-state index in [1.807, 2.05) is 41.8 Å². The summed E-state index contributed by atoms with van der Waals surface area (Å²) < 4.78 is 1.25. The van der Waals surface area contributed by atoms with Crippen molar-refractivity contribution < 1.29 is 9.72 Å². The fourth-order valence-corrected chi connectivity index (χ4v) is 4.26. The minimum Gasteiger partial charge on any atom is -0.365 e. The standard InChI is InChI=1S/C24H25ClN6O4/c1-16(2)27-23(32)17-8-9-19(20(14-17)31(34)35)28-10-12-29(13-11-28)21-15-26-30(24(33)22(21)25)18-6-4-3-5-7-18/h3-9,14-16H,10-13H2,1-2H3,(H,27,32). The lowest BCUT2D eigenvalue weighted by atomic mass is 10.1. The number of hydrogen-bond donors (Lipinski definition) is 1. The minimum atomic E-state index is -0.474. The van der Waals surface area contributed by atoms with Crippen LogP contribution >= 0.6 is 11.6 Å². The molecule has 4 rings (SSSR count). The van der Waals surface area contributed by atoms with Crippen LogP contribution in [-0.4, -0.2) is 52.8 Å². The molecule has 0 unspecified atom stereocenters. The monoisotopic (exact) mass is 496 g/mol. The number of rotatable bonds is 6. The molecule has 10 nitrogen and oxygen atoms in total. The van der Waals surface area contributed by atoms with Crippen LogP contribution in [0.5, 0.6) is 0 Å². The summed E-state index contributed by atoms with van der Waals surface area (Å²) in [5.74, 6) is -0.355. The highest BCUT2D eigenvalue weighted by atomic mass is 35.5. The summed E-state index contributed by atoms with van der Waals surface area (Å²) in [6.07, 6.45) is 1.57. The maximum absolute atomic E-state index is 12.8. The number of amides is 1. The van der Waals surface area contributed by atoms with E-state index in [9.17, 15) is 19.7 Å². The third-order valence-electron chi connectivity index (χ3n) is 5.72. The molecule has 0 atom stereocenters. The Kier molecular flexibility index (Phi) is 7.02. The van der Waals surface area contributed by atoms with Crippen molar-refractivity contribution in [3.8, 4) is 5.69 Å². The topological polar surface area (TPSA) is 114 Å². The highest BCUT2D eigenvalue weighted by Crippen LogP contribution is 2.31. The second-order valence-corrected chi connectivity index (χ2v) is 8.84. The molecule has 0 spiro atoms. The van der Waals surface area contributed by atoms with Gasteiger partial charge in [0.25, 0.3) is 17.2 Å². The predicted octanol–water partition coefficient (Wildman–Crippen LogP) is 3.26. The van der Waals surface area contributed by atoms with Gasteiger partial charge < -0.3 is 15.1 Å². The van der Waals surface area contributed by atoms with Crippen molar-refractivity contribution in [2.24, 2.45) is 0 Å². The Morgan fingerprint density at radius 3 is 2.29 bits per heavy atom. The second-order valence-electron chi connectivity index (χ2n) is 8.46. The normalized spacial score (nSPS) is 13.7. The van der Waals surface area contributed by atoms with Crippen molar-refractivity contribution >= 4 is 34.6 Å². The van der Waals surface area contributed by atoms with Gasteiger partial charge in [-0.1, -0.05) is 29.8 Å². The van der Waals surface area contributed by atoms with Gasteiger partial charge >= 0.3 is 0 Å². The highest BCUT2D eigenvalue weighted by Gasteiger charge is 2.27. The largest absolute Gasteiger partial charge is 0.365 e. The Bertz CT molecular complexity index is 1300. The van der Waals surface area contributed by atoms with Gasteiger partial charge in [0.15, 0.2) is 0 Å². The third kappa shape index (κ3) is 5.12. The number of benzene rings is 2. The number of carbonyl (C=O) groups excluding carboxylic acids is 1. The Morgan fingerprint density at radius 1 is 1.06 bits per heavy atom. The average molecular weight is 497 g/mol. The Balaban J connectivity index is 1.52. The lowest BCUT2D eigenvalue weighted by molar-refractivity contribution is -0.384. The maximum Gasteiger partial charge on any atom is 0.293 e. The Hall–Kier alpha value is -3.92. The van der Waals surface area contributed by atoms with E-state index in [0.717, 1.165) is 0 Å². The molecule has 2 aromatic carbocycles. The third-order valence-corrected chi connectivity index (χ3v) is 6.07. The molecule has 1 fully saturated rings. The molecular weight excluding hydrogens is 472 g/mol. The number of halogens is 1. The SMILES string of the molecule is CC(C)NC(=O)c1ccc(N2CCN(c3cnn(-c4ccccc4)c(=O)c3Cl)CC2)c([N+](=O)[O-])c1. The molecule has 1 saturated heterocycles. The van der Waals surface area contributed by atoms with Gasteiger partial charge in [0.2, 0.25) is 0 Å². The summed E-state index contributed by atoms with van der Waals surface area (Å²) in [6, 6.07) is 13.5. The average Bonchev–Trinajstić information content (AvgIpc) is 2.85. The Morgan fingerprint density at radius 2 is 1.69 bits per heavy atom. The van der Waals surface area contributed by atoms with Crippen LogP contribution < -0.4 is 20.7 Å². The smallest absolute Gasteiger partial charge is 0.293 e. The number of aromatic nitrogens is 2. The minimum absolute atomic E-state index is 0.0730. The number of nitrogens with zero attached hydrogens (tertiary/aromatic N) is 5. The number of nitro benzene ring substituents is 1. The molecule has 1 aliphatic heterocycles. The summed E-state index contributed by atoms with van der Waals surface area (Å²) in [5, 5.41) is 18.9. The van der Waals surface area contributed by atoms with Gasteiger partial charge in [-0.25, -0.2) is 0 Å². The molecule has 1 aromatic heterocycles. The molecule has 182 valence electrons. The summed E-state index contributed by atoms with van der Waals surface area (Å²) in [4.78, 5) is 40.2. The molecule has 0 saturated carbocycles. The molecule has 2 heterocycles. The molecule has 3 aromatic rings. The fourth-order valence-electron chi connectivity index (χ4n) is 4.01. The van der Waals surface area contributed by atoms with Gasteiger partial charge in [-0.3, -0.25) is 19.7 Å². The molecule has 1 N–H and O–H groups in total. The summed E-state index contributed by atoms with van der Waals surface area (Å²) >= 11 is 6.43. The maximum atomic E-state index is 12.8. The van der Waals surface area contributed by atoms with E-state index in [1.165, 1.54) is 10.7 Å². The molecule has 1 aliphatic rings. The number of carbonyl (C=O) groups is 1. The van der Waals surface area contributed by atoms with Crippen LogP contribution in [0.2, 0.25) is 5.02 Å². The van der Waals surface area contributed by atoms with Crippen LogP contribution in [-0.2, 0) is 0 Å². The van der Waals surface area contributed by atoms with E-state index in [1.54, 1.807) is 30.5 Å². The first-order chi connectivity index (χ1) is 16.8. The van der Waals surface area contributed by atoms with Gasteiger partial charge in [-0.2, -0.15) is 9.78 Å². The number of nitrogens with one attached hydrogen (secondary N) is 1. The first kappa shape index (κ1) is 24.2. The number of para-hydroxylation sites is 1. The van der Waals surface area contributed by atoms with Gasteiger partial charge in [-0.05, 0) is 38.1 Å². The predicted molar refractivity (Wildman–Crippen MR) is 135 cm³/mol. The van der Waals surface area contributed by atoms with E-state index in [4.69, 9.17) is 11.6 Å². The molecule has 35 heavy (non-hydrogen) atoms. The van der Waals surface area contributed by atoms with Crippen LogP contribution in [0.4, 0.5) is 17.1 Å². The van der Waals surface area contributed by atoms with Crippen LogP contribution in [0.1, 0.15) is 24.2 Å². The van der Waals surface area contributed by atoms with Gasteiger partial charge in [0.1, 0.15) is 10.7 Å². The summed E-state index contributed by atoms with van der Waals surface area (Å²) in [6.45, 7) is 5.57. The van der Waals surface area contributed by atoms with Gasteiger partial charge in [0.05, 0.1) is 22.5 Å². The molecule has 0 aliphatic carbocycles. The van der Waals surface area contributed by atoms with E-state index >= 15 is 0 Å². The van der Waals surface area contributed by atoms with Crippen LogP contribution in [0.3, 0.4) is 0 Å². The van der Waals surface area contributed by atoms with E-state index < -0.39 is 10.5 Å².